The molecular formula is C14H20N2. The van der Waals surface area contributed by atoms with Crippen molar-refractivity contribution in [2.45, 2.75) is 31.2 Å². The standard InChI is InChI=1S/C14H20N2/c1-2-6-14-11(4-1)8-12(14)9-16-13-5-3-7-15-10-13/h1-2,4,6,12-13,15-16H,3,5,7-10H2. The summed E-state index contributed by atoms with van der Waals surface area (Å²) in [5, 5.41) is 7.15. The molecule has 1 aromatic rings. The van der Waals surface area contributed by atoms with Gasteiger partial charge in [-0.15, -0.1) is 0 Å². The van der Waals surface area contributed by atoms with Gasteiger partial charge >= 0.3 is 0 Å². The highest BCUT2D eigenvalue weighted by Crippen LogP contribution is 2.34. The lowest BCUT2D eigenvalue weighted by Gasteiger charge is -2.33. The topological polar surface area (TPSA) is 24.1 Å². The van der Waals surface area contributed by atoms with Crippen LogP contribution in [0.4, 0.5) is 0 Å². The van der Waals surface area contributed by atoms with Crippen LogP contribution in [0.2, 0.25) is 0 Å². The number of nitrogens with one attached hydrogen (secondary N) is 2. The Hall–Kier alpha value is -0.860. The first-order valence-electron chi connectivity index (χ1n) is 6.45. The molecule has 2 nitrogen and oxygen atoms in total. The van der Waals surface area contributed by atoms with Crippen LogP contribution in [-0.4, -0.2) is 25.7 Å². The molecule has 1 aromatic carbocycles. The van der Waals surface area contributed by atoms with Crippen molar-refractivity contribution >= 4 is 0 Å². The molecule has 2 N–H and O–H groups in total. The maximum Gasteiger partial charge on any atom is 0.0193 e. The van der Waals surface area contributed by atoms with Crippen LogP contribution >= 0.6 is 0 Å². The van der Waals surface area contributed by atoms with E-state index in [4.69, 9.17) is 0 Å². The zero-order valence-corrected chi connectivity index (χ0v) is 9.71. The Kier molecular flexibility index (Phi) is 2.94. The fraction of sp³-hybridized carbons (Fsp3) is 0.571. The van der Waals surface area contributed by atoms with Gasteiger partial charge in [-0.3, -0.25) is 0 Å². The van der Waals surface area contributed by atoms with Gasteiger partial charge in [-0.1, -0.05) is 24.3 Å². The van der Waals surface area contributed by atoms with E-state index in [1.165, 1.54) is 25.8 Å². The lowest BCUT2D eigenvalue weighted by molar-refractivity contribution is 0.373. The van der Waals surface area contributed by atoms with Crippen molar-refractivity contribution in [1.82, 2.24) is 10.6 Å². The van der Waals surface area contributed by atoms with Crippen LogP contribution in [0.1, 0.15) is 29.9 Å². The second kappa shape index (κ2) is 4.56. The molecule has 2 heteroatoms. The van der Waals surface area contributed by atoms with Crippen LogP contribution in [0.15, 0.2) is 24.3 Å². The van der Waals surface area contributed by atoms with Crippen molar-refractivity contribution in [2.75, 3.05) is 19.6 Å². The molecule has 16 heavy (non-hydrogen) atoms. The third kappa shape index (κ3) is 2.00. The Bertz CT molecular complexity index is 356. The molecule has 0 aromatic heterocycles. The lowest BCUT2D eigenvalue weighted by Crippen LogP contribution is -2.45. The molecule has 86 valence electrons. The summed E-state index contributed by atoms with van der Waals surface area (Å²) in [5.41, 5.74) is 3.12. The highest BCUT2D eigenvalue weighted by molar-refractivity contribution is 5.40. The summed E-state index contributed by atoms with van der Waals surface area (Å²) in [6.07, 6.45) is 3.92. The molecule has 1 aliphatic heterocycles. The molecule has 2 aliphatic rings. The normalized spacial score (nSPS) is 28.2. The van der Waals surface area contributed by atoms with Crippen molar-refractivity contribution in [1.29, 1.82) is 0 Å². The minimum atomic E-state index is 0.696. The first kappa shape index (κ1) is 10.3. The number of hydrogen-bond acceptors (Lipinski definition) is 2. The average molecular weight is 216 g/mol. The molecule has 1 saturated heterocycles. The van der Waals surface area contributed by atoms with Crippen molar-refractivity contribution < 1.29 is 0 Å². The maximum absolute atomic E-state index is 3.70. The fourth-order valence-electron chi connectivity index (χ4n) is 2.88. The monoisotopic (exact) mass is 216 g/mol. The molecule has 2 atom stereocenters. The van der Waals surface area contributed by atoms with E-state index < -0.39 is 0 Å². The smallest absolute Gasteiger partial charge is 0.0193 e. The van der Waals surface area contributed by atoms with E-state index in [9.17, 15) is 0 Å². The Morgan fingerprint density at radius 2 is 2.25 bits per heavy atom. The van der Waals surface area contributed by atoms with Gasteiger partial charge in [0.25, 0.3) is 0 Å². The molecule has 1 aliphatic carbocycles. The van der Waals surface area contributed by atoms with Gasteiger partial charge in [0.05, 0.1) is 0 Å². The first-order chi connectivity index (χ1) is 7.93. The first-order valence-corrected chi connectivity index (χ1v) is 6.45. The van der Waals surface area contributed by atoms with Gasteiger partial charge in [0.1, 0.15) is 0 Å². The molecular weight excluding hydrogens is 196 g/mol. The molecule has 1 fully saturated rings. The van der Waals surface area contributed by atoms with Crippen molar-refractivity contribution in [2.24, 2.45) is 0 Å². The number of rotatable bonds is 3. The van der Waals surface area contributed by atoms with Crippen LogP contribution in [0.3, 0.4) is 0 Å². The van der Waals surface area contributed by atoms with E-state index in [2.05, 4.69) is 34.9 Å². The summed E-state index contributed by atoms with van der Waals surface area (Å²) in [5.74, 6) is 0.762. The number of fused-ring (bicyclic) bond motifs is 1. The van der Waals surface area contributed by atoms with Crippen LogP contribution in [-0.2, 0) is 6.42 Å². The largest absolute Gasteiger partial charge is 0.315 e. The Morgan fingerprint density at radius 1 is 1.31 bits per heavy atom. The highest BCUT2D eigenvalue weighted by Gasteiger charge is 2.25. The van der Waals surface area contributed by atoms with Crippen LogP contribution in [0.25, 0.3) is 0 Å². The Labute approximate surface area is 97.4 Å². The molecule has 0 spiro atoms. The number of hydrogen-bond donors (Lipinski definition) is 2. The van der Waals surface area contributed by atoms with Crippen molar-refractivity contribution in [3.05, 3.63) is 35.4 Å². The maximum atomic E-state index is 3.70. The SMILES string of the molecule is c1ccc2c(c1)CC2CNC1CCCNC1. The van der Waals surface area contributed by atoms with E-state index in [-0.39, 0.29) is 0 Å². The minimum Gasteiger partial charge on any atom is -0.315 e. The molecule has 1 heterocycles. The van der Waals surface area contributed by atoms with E-state index in [0.29, 0.717) is 6.04 Å². The summed E-state index contributed by atoms with van der Waals surface area (Å²) in [4.78, 5) is 0. The molecule has 2 unspecified atom stereocenters. The van der Waals surface area contributed by atoms with Gasteiger partial charge < -0.3 is 10.6 Å². The van der Waals surface area contributed by atoms with Gasteiger partial charge in [-0.2, -0.15) is 0 Å². The van der Waals surface area contributed by atoms with E-state index in [1.807, 2.05) is 0 Å². The van der Waals surface area contributed by atoms with Crippen LogP contribution < -0.4 is 10.6 Å². The second-order valence-electron chi connectivity index (χ2n) is 5.05. The highest BCUT2D eigenvalue weighted by atomic mass is 15.0. The van der Waals surface area contributed by atoms with Crippen LogP contribution in [0, 0.1) is 0 Å². The summed E-state index contributed by atoms with van der Waals surface area (Å²) >= 11 is 0. The van der Waals surface area contributed by atoms with E-state index >= 15 is 0 Å². The molecule has 3 rings (SSSR count). The zero-order valence-electron chi connectivity index (χ0n) is 9.71. The molecule has 0 saturated carbocycles. The number of piperidine rings is 1. The average Bonchev–Trinajstić information content (AvgIpc) is 2.32. The summed E-state index contributed by atoms with van der Waals surface area (Å²) < 4.78 is 0. The lowest BCUT2D eigenvalue weighted by atomic mass is 9.77. The second-order valence-corrected chi connectivity index (χ2v) is 5.05. The van der Waals surface area contributed by atoms with Gasteiger partial charge in [-0.05, 0) is 36.9 Å². The molecule has 0 amide bonds. The van der Waals surface area contributed by atoms with E-state index in [1.54, 1.807) is 11.1 Å². The predicted octanol–water partition coefficient (Wildman–Crippen LogP) is 1.67. The predicted molar refractivity (Wildman–Crippen MR) is 66.8 cm³/mol. The fourth-order valence-corrected chi connectivity index (χ4v) is 2.88. The third-order valence-electron chi connectivity index (χ3n) is 3.91. The van der Waals surface area contributed by atoms with Gasteiger partial charge in [0, 0.05) is 25.0 Å². The minimum absolute atomic E-state index is 0.696. The van der Waals surface area contributed by atoms with E-state index in [0.717, 1.165) is 19.0 Å². The molecule has 0 bridgehead atoms. The van der Waals surface area contributed by atoms with Gasteiger partial charge in [-0.25, -0.2) is 0 Å². The third-order valence-corrected chi connectivity index (χ3v) is 3.91. The van der Waals surface area contributed by atoms with Gasteiger partial charge in [0.15, 0.2) is 0 Å². The molecule has 0 radical (unpaired) electrons. The van der Waals surface area contributed by atoms with Gasteiger partial charge in [0.2, 0.25) is 0 Å². The van der Waals surface area contributed by atoms with Crippen molar-refractivity contribution in [3.8, 4) is 0 Å². The Balaban J connectivity index is 1.50. The Morgan fingerprint density at radius 3 is 3.06 bits per heavy atom. The zero-order chi connectivity index (χ0) is 10.8. The summed E-state index contributed by atoms with van der Waals surface area (Å²) in [6.45, 7) is 3.50. The van der Waals surface area contributed by atoms with Crippen LogP contribution in [0.5, 0.6) is 0 Å². The van der Waals surface area contributed by atoms with Crippen molar-refractivity contribution in [3.63, 3.8) is 0 Å². The summed E-state index contributed by atoms with van der Waals surface area (Å²) in [7, 11) is 0. The number of benzene rings is 1. The summed E-state index contributed by atoms with van der Waals surface area (Å²) in [6, 6.07) is 9.54. The quantitative estimate of drug-likeness (QED) is 0.803.